The first-order chi connectivity index (χ1) is 42.2. The number of piperidine rings is 1. The minimum atomic E-state index is -6.35. The molecule has 9 aromatic rings. The van der Waals surface area contributed by atoms with Crippen molar-refractivity contribution in [2.75, 3.05) is 32.5 Å². The van der Waals surface area contributed by atoms with Crippen molar-refractivity contribution in [2.24, 2.45) is 0 Å². The molecule has 0 unspecified atom stereocenters. The van der Waals surface area contributed by atoms with Gasteiger partial charge in [0.25, 0.3) is 5.91 Å². The normalized spacial score (nSPS) is 14.4. The SMILES string of the molecule is CN1CCC(N(C)C(=O)c2ccc(Nc3nc4c(Oc5ccc6oc(=O)n(Cc7ccccc7)c6c5)cccn4n3)cc2)CC1.O=C1Cc2cc(O)ccc2O1.O=C1Cc2ccccc2O1.O=S(=O)(OI(OS(=O)(=O)C(F)(F)F)c1ccccc1)C(F)(F)F. The van der Waals surface area contributed by atoms with Gasteiger partial charge in [0.2, 0.25) is 5.95 Å². The van der Waals surface area contributed by atoms with Crippen molar-refractivity contribution in [1.82, 2.24) is 29.0 Å². The van der Waals surface area contributed by atoms with Crippen molar-refractivity contribution in [1.29, 1.82) is 0 Å². The van der Waals surface area contributed by atoms with Crippen molar-refractivity contribution >= 4 is 87.1 Å². The minimum absolute atomic E-state index is 0.0226. The van der Waals surface area contributed by atoms with Crippen molar-refractivity contribution < 1.29 is 86.3 Å². The Morgan fingerprint density at radius 2 is 1.33 bits per heavy atom. The van der Waals surface area contributed by atoms with Crippen LogP contribution in [0.15, 0.2) is 173 Å². The van der Waals surface area contributed by atoms with E-state index in [1.807, 2.05) is 96.9 Å². The fourth-order valence-electron chi connectivity index (χ4n) is 8.74. The van der Waals surface area contributed by atoms with E-state index in [9.17, 15) is 62.4 Å². The molecule has 1 fully saturated rings. The van der Waals surface area contributed by atoms with E-state index >= 15 is 0 Å². The van der Waals surface area contributed by atoms with Crippen LogP contribution in [0.5, 0.6) is 28.7 Å². The number of hydrogen-bond donors (Lipinski definition) is 2. The summed E-state index contributed by atoms with van der Waals surface area (Å²) in [6.45, 7) is 2.39. The van der Waals surface area contributed by atoms with Gasteiger partial charge in [0.15, 0.2) is 17.0 Å². The van der Waals surface area contributed by atoms with Gasteiger partial charge in [-0.05, 0) is 111 Å². The summed E-state index contributed by atoms with van der Waals surface area (Å²) in [6, 6.07) is 43.6. The van der Waals surface area contributed by atoms with E-state index in [2.05, 4.69) is 32.4 Å². The van der Waals surface area contributed by atoms with Gasteiger partial charge in [-0.2, -0.15) is 4.98 Å². The number of pyridine rings is 1. The number of oxazole rings is 1. The number of nitrogens with one attached hydrogen (secondary N) is 1. The molecule has 1 amide bonds. The molecule has 6 heterocycles. The number of likely N-dealkylation sites (tertiary alicyclic amines) is 1. The van der Waals surface area contributed by atoms with Crippen molar-refractivity contribution in [3.8, 4) is 28.7 Å². The van der Waals surface area contributed by atoms with Crippen molar-refractivity contribution in [3.63, 3.8) is 0 Å². The third-order valence-corrected chi connectivity index (χ3v) is 21.4. The summed E-state index contributed by atoms with van der Waals surface area (Å²) >= 11 is -4.87. The maximum absolute atomic E-state index is 13.1. The van der Waals surface area contributed by atoms with E-state index in [0.29, 0.717) is 64.2 Å². The number of para-hydroxylation sites is 1. The average Bonchev–Trinajstić information content (AvgIpc) is 2.19. The number of carbonyl (C=O) groups is 3. The Kier molecular flexibility index (Phi) is 19.8. The molecule has 0 atom stereocenters. The molecule has 89 heavy (non-hydrogen) atoms. The van der Waals surface area contributed by atoms with Crippen LogP contribution in [0.3, 0.4) is 0 Å². The molecule has 12 rings (SSSR count). The van der Waals surface area contributed by atoms with Crippen LogP contribution in [0.25, 0.3) is 16.7 Å². The molecule has 3 aliphatic heterocycles. The molecule has 468 valence electrons. The van der Waals surface area contributed by atoms with Gasteiger partial charge in [-0.1, -0.05) is 48.5 Å². The number of benzene rings is 6. The van der Waals surface area contributed by atoms with Crippen molar-refractivity contribution in [2.45, 2.75) is 49.3 Å². The van der Waals surface area contributed by atoms with E-state index in [-0.39, 0.29) is 36.1 Å². The number of phenols is 1. The molecule has 3 aromatic heterocycles. The number of nitrogens with zero attached hydrogens (tertiary/aromatic N) is 6. The Morgan fingerprint density at radius 1 is 0.730 bits per heavy atom. The third kappa shape index (κ3) is 16.3. The molecule has 1 saturated heterocycles. The number of anilines is 2. The zero-order valence-electron chi connectivity index (χ0n) is 46.4. The number of aromatic nitrogens is 4. The Hall–Kier alpha value is -8.89. The predicted octanol–water partition coefficient (Wildman–Crippen LogP) is 10.3. The number of rotatable bonds is 13. The second kappa shape index (κ2) is 27.2. The summed E-state index contributed by atoms with van der Waals surface area (Å²) in [5, 5.41) is 16.8. The molecule has 0 saturated carbocycles. The van der Waals surface area contributed by atoms with Crippen LogP contribution in [0.1, 0.15) is 39.9 Å². The molecule has 6 aromatic carbocycles. The first-order valence-electron chi connectivity index (χ1n) is 26.3. The number of alkyl halides is 6. The standard InChI is InChI=1S/C34H33N7O4.C8H5F6IO6S2.C8H6O3.C8H6O2/c1-38-19-16-26(17-20-38)39(2)32(42)24-10-12-25(13-11-24)35-33-36-31-30(9-6-18-41(31)37-33)44-27-14-15-29-28(21-27)40(34(43)45-29)22-23-7-4-3-5-8-23;9-7(10,11)22(16,17)20-15(6-4-2-1-3-5-6)21-23(18,19)8(12,13)14;9-6-1-2-7-5(3-6)4-8(10)11-7;9-8-5-6-3-1-2-4-7(6)10-8/h3-15,18,21,26H,16-17,19-20,22H2,1-2H3,(H,35,37);1-5H;1-3,9H,4H2;1-4H,5H2. The average molecular weight is 1390 g/mol. The Bertz CT molecular complexity index is 4250. The van der Waals surface area contributed by atoms with Gasteiger partial charge in [0, 0.05) is 47.7 Å². The van der Waals surface area contributed by atoms with Gasteiger partial charge >= 0.3 is 152 Å². The molecule has 0 radical (unpaired) electrons. The fourth-order valence-corrected chi connectivity index (χ4v) is 16.0. The molecule has 0 bridgehead atoms. The molecule has 0 spiro atoms. The van der Waals surface area contributed by atoms with E-state index in [1.54, 1.807) is 51.7 Å². The van der Waals surface area contributed by atoms with E-state index in [1.165, 1.54) is 12.1 Å². The van der Waals surface area contributed by atoms with Gasteiger partial charge in [-0.25, -0.2) is 9.31 Å². The van der Waals surface area contributed by atoms with Gasteiger partial charge in [-0.3, -0.25) is 19.0 Å². The summed E-state index contributed by atoms with van der Waals surface area (Å²) in [6.07, 6.45) is 4.45. The first kappa shape index (κ1) is 64.6. The van der Waals surface area contributed by atoms with E-state index in [4.69, 9.17) is 23.7 Å². The Morgan fingerprint density at radius 3 is 1.96 bits per heavy atom. The Labute approximate surface area is 510 Å². The summed E-state index contributed by atoms with van der Waals surface area (Å²) in [5.41, 5.74) is -6.14. The zero-order valence-corrected chi connectivity index (χ0v) is 50.2. The number of amides is 1. The van der Waals surface area contributed by atoms with Crippen LogP contribution < -0.4 is 25.3 Å². The van der Waals surface area contributed by atoms with Crippen LogP contribution in [-0.4, -0.2) is 113 Å². The predicted molar refractivity (Wildman–Crippen MR) is 316 cm³/mol. The van der Waals surface area contributed by atoms with Crippen LogP contribution in [0, 0.1) is 3.57 Å². The van der Waals surface area contributed by atoms with Crippen LogP contribution in [0.4, 0.5) is 38.0 Å². The first-order valence-corrected chi connectivity index (χ1v) is 32.0. The Balaban J connectivity index is 0.000000175. The molecular weight excluding hydrogens is 1340 g/mol. The van der Waals surface area contributed by atoms with E-state index < -0.39 is 61.2 Å². The second-order valence-electron chi connectivity index (χ2n) is 19.5. The molecular formula is C58H50F6IN7O15S2. The maximum atomic E-state index is 13.1. The summed E-state index contributed by atoms with van der Waals surface area (Å²) < 4.78 is 149. The summed E-state index contributed by atoms with van der Waals surface area (Å²) in [4.78, 5) is 55.9. The number of halogens is 7. The topological polar surface area (TPSA) is 270 Å². The van der Waals surface area contributed by atoms with E-state index in [0.717, 1.165) is 72.6 Å². The number of hydrogen-bond acceptors (Lipinski definition) is 19. The monoisotopic (exact) mass is 1390 g/mol. The van der Waals surface area contributed by atoms with Gasteiger partial charge < -0.3 is 38.9 Å². The second-order valence-corrected chi connectivity index (χ2v) is 27.2. The van der Waals surface area contributed by atoms with Gasteiger partial charge in [0.1, 0.15) is 23.0 Å². The van der Waals surface area contributed by atoms with Crippen LogP contribution in [-0.2, 0) is 54.2 Å². The molecule has 31 heteroatoms. The number of fused-ring (bicyclic) bond motifs is 4. The number of carbonyl (C=O) groups excluding carboxylic acids is 3. The summed E-state index contributed by atoms with van der Waals surface area (Å²) in [5.74, 6) is 2.04. The fraction of sp³-hybridized carbons (Fsp3) is 0.207. The van der Waals surface area contributed by atoms with Gasteiger partial charge in [-0.15, -0.1) is 5.10 Å². The molecule has 0 aliphatic carbocycles. The molecule has 22 nitrogen and oxygen atoms in total. The molecule has 3 aliphatic rings. The number of aromatic hydroxyl groups is 1. The number of ether oxygens (including phenoxy) is 3. The zero-order chi connectivity index (χ0) is 63.8. The third-order valence-electron chi connectivity index (χ3n) is 13.2. The van der Waals surface area contributed by atoms with Crippen molar-refractivity contribution in [3.05, 3.63) is 200 Å². The van der Waals surface area contributed by atoms with Gasteiger partial charge in [0.05, 0.1) is 24.9 Å². The van der Waals surface area contributed by atoms with Crippen LogP contribution >= 0.6 is 20.6 Å². The summed E-state index contributed by atoms with van der Waals surface area (Å²) in [7, 11) is -8.69. The number of esters is 2. The number of phenolic OH excluding ortho intramolecular Hbond substituents is 1. The van der Waals surface area contributed by atoms with Crippen LogP contribution in [0.2, 0.25) is 0 Å². The molecule has 2 N–H and O–H groups in total. The quantitative estimate of drug-likeness (QED) is 0.0357.